The number of nitrogens with one attached hydrogen (secondary N) is 1. The molecule has 2 aromatic heterocycles. The van der Waals surface area contributed by atoms with Crippen LogP contribution in [0.3, 0.4) is 0 Å². The summed E-state index contributed by atoms with van der Waals surface area (Å²) in [6.07, 6.45) is 4.48. The van der Waals surface area contributed by atoms with Crippen molar-refractivity contribution in [2.45, 2.75) is 31.2 Å². The van der Waals surface area contributed by atoms with Crippen molar-refractivity contribution in [1.82, 2.24) is 15.3 Å². The van der Waals surface area contributed by atoms with Crippen LogP contribution in [0, 0.1) is 0 Å². The van der Waals surface area contributed by atoms with Gasteiger partial charge in [-0.25, -0.2) is 13.4 Å². The second-order valence-corrected chi connectivity index (χ2v) is 9.99. The van der Waals surface area contributed by atoms with E-state index in [1.54, 1.807) is 63.4 Å². The molecule has 0 saturated heterocycles. The van der Waals surface area contributed by atoms with Gasteiger partial charge >= 0.3 is 0 Å². The number of sulfonamides is 1. The minimum Gasteiger partial charge on any atom is -0.355 e. The van der Waals surface area contributed by atoms with Crippen molar-refractivity contribution < 1.29 is 13.2 Å². The highest BCUT2D eigenvalue weighted by Crippen LogP contribution is 2.39. The van der Waals surface area contributed by atoms with Gasteiger partial charge in [-0.05, 0) is 39.0 Å². The maximum atomic E-state index is 13.7. The van der Waals surface area contributed by atoms with Crippen molar-refractivity contribution in [3.8, 4) is 11.1 Å². The molecular weight excluding hydrogens is 436 g/mol. The molecule has 31 heavy (non-hydrogen) atoms. The molecule has 1 amide bonds. The Kier molecular flexibility index (Phi) is 6.33. The highest BCUT2D eigenvalue weighted by Gasteiger charge is 2.36. The van der Waals surface area contributed by atoms with Crippen LogP contribution in [0.4, 0.5) is 5.69 Å². The Morgan fingerprint density at radius 2 is 1.74 bits per heavy atom. The smallest absolute Gasteiger partial charge is 0.264 e. The maximum absolute atomic E-state index is 13.7. The van der Waals surface area contributed by atoms with E-state index < -0.39 is 15.6 Å². The summed E-state index contributed by atoms with van der Waals surface area (Å²) in [4.78, 5) is 20.5. The van der Waals surface area contributed by atoms with E-state index in [-0.39, 0.29) is 16.0 Å². The zero-order valence-corrected chi connectivity index (χ0v) is 19.2. The van der Waals surface area contributed by atoms with Crippen LogP contribution in [0.2, 0.25) is 5.15 Å². The van der Waals surface area contributed by atoms with Crippen molar-refractivity contribution in [2.75, 3.05) is 11.4 Å². The number of anilines is 1. The Bertz CT molecular complexity index is 1210. The van der Waals surface area contributed by atoms with Gasteiger partial charge in [-0.1, -0.05) is 29.8 Å². The number of halogens is 1. The van der Waals surface area contributed by atoms with Gasteiger partial charge < -0.3 is 5.32 Å². The fourth-order valence-electron chi connectivity index (χ4n) is 3.22. The Labute approximate surface area is 187 Å². The Hall–Kier alpha value is -2.97. The van der Waals surface area contributed by atoms with E-state index in [0.717, 1.165) is 0 Å². The van der Waals surface area contributed by atoms with Gasteiger partial charge in [0.2, 0.25) is 0 Å². The van der Waals surface area contributed by atoms with Crippen LogP contribution in [0.25, 0.3) is 11.1 Å². The standard InChI is InChI=1S/C22H23ClN4O3S/c1-22(2,3)27(31(29,30)17-8-6-5-7-9-17)19-11-20(23)26-14-18(19)15-10-16(13-25-12-15)21(28)24-4/h5-14H,1-4H3,(H,24,28). The second-order valence-electron chi connectivity index (χ2n) is 7.82. The molecule has 3 rings (SSSR count). The monoisotopic (exact) mass is 458 g/mol. The number of carbonyl (C=O) groups is 1. The summed E-state index contributed by atoms with van der Waals surface area (Å²) in [6.45, 7) is 5.39. The summed E-state index contributed by atoms with van der Waals surface area (Å²) in [5, 5.41) is 2.70. The van der Waals surface area contributed by atoms with Crippen LogP contribution in [0.15, 0.2) is 66.0 Å². The van der Waals surface area contributed by atoms with E-state index in [4.69, 9.17) is 11.6 Å². The molecule has 0 aliphatic rings. The van der Waals surface area contributed by atoms with Crippen molar-refractivity contribution >= 4 is 33.2 Å². The fourth-order valence-corrected chi connectivity index (χ4v) is 5.21. The van der Waals surface area contributed by atoms with Crippen LogP contribution >= 0.6 is 11.6 Å². The molecule has 9 heteroatoms. The number of aromatic nitrogens is 2. The minimum atomic E-state index is -3.94. The molecule has 0 radical (unpaired) electrons. The van der Waals surface area contributed by atoms with Crippen LogP contribution in [0.1, 0.15) is 31.1 Å². The highest BCUT2D eigenvalue weighted by atomic mass is 35.5. The average molecular weight is 459 g/mol. The Morgan fingerprint density at radius 3 is 2.35 bits per heavy atom. The normalized spacial score (nSPS) is 11.8. The lowest BCUT2D eigenvalue weighted by atomic mass is 10.0. The van der Waals surface area contributed by atoms with Gasteiger partial charge in [-0.15, -0.1) is 0 Å². The first kappa shape index (κ1) is 22.7. The van der Waals surface area contributed by atoms with Crippen molar-refractivity contribution in [3.05, 3.63) is 71.8 Å². The fraction of sp³-hybridized carbons (Fsp3) is 0.227. The lowest BCUT2D eigenvalue weighted by Gasteiger charge is -2.37. The second kappa shape index (κ2) is 8.64. The first-order valence-electron chi connectivity index (χ1n) is 9.49. The molecule has 0 fully saturated rings. The van der Waals surface area contributed by atoms with E-state index in [0.29, 0.717) is 22.4 Å². The lowest BCUT2D eigenvalue weighted by molar-refractivity contribution is 0.0962. The number of benzene rings is 1. The van der Waals surface area contributed by atoms with E-state index in [2.05, 4.69) is 15.3 Å². The predicted molar refractivity (Wildman–Crippen MR) is 122 cm³/mol. The van der Waals surface area contributed by atoms with E-state index in [1.165, 1.54) is 29.8 Å². The molecule has 1 aromatic carbocycles. The molecule has 0 saturated carbocycles. The van der Waals surface area contributed by atoms with Crippen molar-refractivity contribution in [1.29, 1.82) is 0 Å². The first-order chi connectivity index (χ1) is 14.6. The number of rotatable bonds is 5. The van der Waals surface area contributed by atoms with E-state index >= 15 is 0 Å². The topological polar surface area (TPSA) is 92.3 Å². The van der Waals surface area contributed by atoms with Gasteiger partial charge in [-0.3, -0.25) is 14.1 Å². The molecule has 162 valence electrons. The molecule has 0 aliphatic heterocycles. The molecule has 7 nitrogen and oxygen atoms in total. The quantitative estimate of drug-likeness (QED) is 0.580. The Morgan fingerprint density at radius 1 is 1.06 bits per heavy atom. The zero-order valence-electron chi connectivity index (χ0n) is 17.6. The molecule has 0 aliphatic carbocycles. The molecule has 0 atom stereocenters. The minimum absolute atomic E-state index is 0.145. The molecule has 3 aromatic rings. The van der Waals surface area contributed by atoms with Crippen LogP contribution < -0.4 is 9.62 Å². The van der Waals surface area contributed by atoms with Crippen molar-refractivity contribution in [2.24, 2.45) is 0 Å². The third kappa shape index (κ3) is 4.70. The summed E-state index contributed by atoms with van der Waals surface area (Å²) in [7, 11) is -2.42. The third-order valence-electron chi connectivity index (χ3n) is 4.50. The predicted octanol–water partition coefficient (Wildman–Crippen LogP) is 4.15. The van der Waals surface area contributed by atoms with E-state index in [9.17, 15) is 13.2 Å². The van der Waals surface area contributed by atoms with Crippen molar-refractivity contribution in [3.63, 3.8) is 0 Å². The number of hydrogen-bond acceptors (Lipinski definition) is 5. The summed E-state index contributed by atoms with van der Waals surface area (Å²) in [6, 6.07) is 11.3. The van der Waals surface area contributed by atoms with Gasteiger partial charge in [0.15, 0.2) is 0 Å². The van der Waals surface area contributed by atoms with Crippen LogP contribution in [0.5, 0.6) is 0 Å². The number of amides is 1. The largest absolute Gasteiger partial charge is 0.355 e. The maximum Gasteiger partial charge on any atom is 0.264 e. The summed E-state index contributed by atoms with van der Waals surface area (Å²) in [5.74, 6) is -0.303. The third-order valence-corrected chi connectivity index (χ3v) is 6.80. The van der Waals surface area contributed by atoms with Gasteiger partial charge in [-0.2, -0.15) is 0 Å². The first-order valence-corrected chi connectivity index (χ1v) is 11.3. The zero-order chi connectivity index (χ0) is 22.8. The molecule has 2 heterocycles. The number of carbonyl (C=O) groups excluding carboxylic acids is 1. The summed E-state index contributed by atoms with van der Waals surface area (Å²) >= 11 is 6.19. The lowest BCUT2D eigenvalue weighted by Crippen LogP contribution is -2.46. The molecule has 0 bridgehead atoms. The number of nitrogens with zero attached hydrogens (tertiary/aromatic N) is 3. The van der Waals surface area contributed by atoms with Crippen LogP contribution in [-0.2, 0) is 10.0 Å². The summed E-state index contributed by atoms with van der Waals surface area (Å²) < 4.78 is 28.7. The van der Waals surface area contributed by atoms with Gasteiger partial charge in [0.05, 0.1) is 16.1 Å². The Balaban J connectivity index is 2.28. The average Bonchev–Trinajstić information content (AvgIpc) is 2.73. The molecule has 0 spiro atoms. The van der Waals surface area contributed by atoms with Crippen LogP contribution in [-0.4, -0.2) is 36.9 Å². The van der Waals surface area contributed by atoms with Gasteiger partial charge in [0.1, 0.15) is 5.15 Å². The van der Waals surface area contributed by atoms with Gasteiger partial charge in [0.25, 0.3) is 15.9 Å². The molecule has 1 N–H and O–H groups in total. The molecule has 0 unspecified atom stereocenters. The number of pyridine rings is 2. The van der Waals surface area contributed by atoms with Gasteiger partial charge in [0, 0.05) is 48.4 Å². The molecular formula is C22H23ClN4O3S. The van der Waals surface area contributed by atoms with E-state index in [1.807, 2.05) is 0 Å². The number of hydrogen-bond donors (Lipinski definition) is 1. The highest BCUT2D eigenvalue weighted by molar-refractivity contribution is 7.93. The summed E-state index contributed by atoms with van der Waals surface area (Å²) in [5.41, 5.74) is 0.871. The SMILES string of the molecule is CNC(=O)c1cncc(-c2cnc(Cl)cc2N(C(C)(C)C)S(=O)(=O)c2ccccc2)c1.